The van der Waals surface area contributed by atoms with E-state index in [9.17, 15) is 43.2 Å². The van der Waals surface area contributed by atoms with Crippen LogP contribution in [0.4, 0.5) is 0 Å². The summed E-state index contributed by atoms with van der Waals surface area (Å²) in [7, 11) is -9.89. The molecule has 19 heteroatoms. The summed E-state index contributed by atoms with van der Waals surface area (Å²) in [6.45, 7) is 9.44. The van der Waals surface area contributed by atoms with E-state index in [1.807, 2.05) is 0 Å². The van der Waals surface area contributed by atoms with E-state index in [-0.39, 0.29) is 25.7 Å². The van der Waals surface area contributed by atoms with Crippen LogP contribution in [0.25, 0.3) is 0 Å². The summed E-state index contributed by atoms with van der Waals surface area (Å²) in [5, 5.41) is 10.5. The molecule has 17 nitrogen and oxygen atoms in total. The molecule has 510 valence electrons. The zero-order valence-corrected chi connectivity index (χ0v) is 57.4. The van der Waals surface area contributed by atoms with Gasteiger partial charge in [-0.25, -0.2) is 9.13 Å². The number of aliphatic hydroxyl groups is 1. The number of carbonyl (C=O) groups excluding carboxylic acids is 4. The highest BCUT2D eigenvalue weighted by Gasteiger charge is 2.30. The molecule has 0 aliphatic rings. The minimum absolute atomic E-state index is 0.103. The molecule has 6 atom stereocenters. The number of unbranched alkanes of at least 4 members (excludes halogenated alkanes) is 35. The molecule has 0 amide bonds. The fourth-order valence-corrected chi connectivity index (χ4v) is 11.6. The lowest BCUT2D eigenvalue weighted by Crippen LogP contribution is -2.30. The van der Waals surface area contributed by atoms with Gasteiger partial charge in [0.25, 0.3) is 0 Å². The van der Waals surface area contributed by atoms with Crippen molar-refractivity contribution in [1.29, 1.82) is 0 Å². The van der Waals surface area contributed by atoms with Crippen molar-refractivity contribution in [2.75, 3.05) is 39.6 Å². The van der Waals surface area contributed by atoms with Gasteiger partial charge in [-0.15, -0.1) is 0 Å². The molecule has 0 radical (unpaired) electrons. The summed E-state index contributed by atoms with van der Waals surface area (Å²) in [6, 6.07) is 0. The van der Waals surface area contributed by atoms with E-state index in [4.69, 9.17) is 37.0 Å². The van der Waals surface area contributed by atoms with Crippen LogP contribution in [-0.4, -0.2) is 96.7 Å². The van der Waals surface area contributed by atoms with E-state index in [1.54, 1.807) is 0 Å². The van der Waals surface area contributed by atoms with Crippen LogP contribution in [0, 0.1) is 11.8 Å². The number of rotatable bonds is 66. The van der Waals surface area contributed by atoms with Crippen molar-refractivity contribution in [3.63, 3.8) is 0 Å². The van der Waals surface area contributed by atoms with Crippen molar-refractivity contribution >= 4 is 39.5 Å². The molecule has 0 spiro atoms. The average molecular weight is 1270 g/mol. The fourth-order valence-electron chi connectivity index (χ4n) is 10.0. The largest absolute Gasteiger partial charge is 0.472 e. The second kappa shape index (κ2) is 59.4. The SMILES string of the molecule is CCCCCCCCCCCCCCCCCC(=O)O[C@H](COC(=O)CCCCCCCCCCCCCC(C)C)COP(=O)(O)OC[C@@H](O)COP(=O)(O)OC[C@@H](COC(=O)CCCCCCCCC)OC(=O)CCCCCCCCC(C)CC. The Kier molecular flexibility index (Phi) is 58.0. The van der Waals surface area contributed by atoms with Gasteiger partial charge < -0.3 is 33.8 Å². The van der Waals surface area contributed by atoms with E-state index in [1.165, 1.54) is 141 Å². The molecule has 0 saturated carbocycles. The molecule has 0 heterocycles. The number of hydrogen-bond donors (Lipinski definition) is 3. The van der Waals surface area contributed by atoms with Gasteiger partial charge in [0.1, 0.15) is 19.3 Å². The maximum absolute atomic E-state index is 13.0. The summed E-state index contributed by atoms with van der Waals surface area (Å²) in [5.41, 5.74) is 0. The van der Waals surface area contributed by atoms with Gasteiger partial charge in [0, 0.05) is 25.7 Å². The van der Waals surface area contributed by atoms with Crippen LogP contribution >= 0.6 is 15.6 Å². The van der Waals surface area contributed by atoms with Gasteiger partial charge in [-0.3, -0.25) is 37.3 Å². The maximum atomic E-state index is 13.0. The molecule has 86 heavy (non-hydrogen) atoms. The first kappa shape index (κ1) is 84.1. The third kappa shape index (κ3) is 59.7. The molecule has 0 bridgehead atoms. The highest BCUT2D eigenvalue weighted by atomic mass is 31.2. The van der Waals surface area contributed by atoms with Gasteiger partial charge in [-0.05, 0) is 37.5 Å². The summed E-state index contributed by atoms with van der Waals surface area (Å²) < 4.78 is 68.0. The van der Waals surface area contributed by atoms with E-state index in [2.05, 4.69) is 41.5 Å². The quantitative estimate of drug-likeness (QED) is 0.0222. The highest BCUT2D eigenvalue weighted by molar-refractivity contribution is 7.47. The average Bonchev–Trinajstić information content (AvgIpc) is 3.67. The lowest BCUT2D eigenvalue weighted by molar-refractivity contribution is -0.161. The number of esters is 4. The van der Waals surface area contributed by atoms with Crippen LogP contribution in [0.2, 0.25) is 0 Å². The Morgan fingerprint density at radius 3 is 0.884 bits per heavy atom. The molecule has 0 fully saturated rings. The molecule has 3 unspecified atom stereocenters. The Hall–Kier alpha value is -1.94. The summed E-state index contributed by atoms with van der Waals surface area (Å²) in [4.78, 5) is 72.3. The van der Waals surface area contributed by atoms with E-state index in [0.717, 1.165) is 115 Å². The van der Waals surface area contributed by atoms with Gasteiger partial charge in [0.2, 0.25) is 0 Å². The van der Waals surface area contributed by atoms with Crippen LogP contribution in [0.3, 0.4) is 0 Å². The van der Waals surface area contributed by atoms with Crippen LogP contribution in [0.1, 0.15) is 337 Å². The topological polar surface area (TPSA) is 237 Å². The summed E-state index contributed by atoms with van der Waals surface area (Å²) in [5.74, 6) is -0.643. The standard InChI is InChI=1S/C67H130O17P2/c1-7-10-12-14-16-17-18-19-20-21-24-28-32-39-45-51-66(71)83-62(56-78-65(70)50-44-38-31-27-25-22-23-26-30-35-41-47-59(4)5)57-81-85(73,74)79-53-61(68)54-80-86(75,76)82-58-63(55-77-64(69)49-43-37-29-15-13-11-8-2)84-67(72)52-46-40-34-33-36-42-48-60(6)9-3/h59-63,68H,7-58H2,1-6H3,(H,73,74)(H,75,76)/t60?,61-,62-,63-/m1/s1. The fraction of sp³-hybridized carbons (Fsp3) is 0.940. The van der Waals surface area contributed by atoms with Crippen LogP contribution in [0.5, 0.6) is 0 Å². The molecule has 3 N–H and O–H groups in total. The van der Waals surface area contributed by atoms with Gasteiger partial charge in [0.05, 0.1) is 26.4 Å². The van der Waals surface area contributed by atoms with Crippen molar-refractivity contribution in [2.24, 2.45) is 11.8 Å². The Labute approximate surface area is 524 Å². The Morgan fingerprint density at radius 1 is 0.337 bits per heavy atom. The predicted octanol–water partition coefficient (Wildman–Crippen LogP) is 18.8. The highest BCUT2D eigenvalue weighted by Crippen LogP contribution is 2.45. The van der Waals surface area contributed by atoms with Gasteiger partial charge in [-0.2, -0.15) is 0 Å². The number of ether oxygens (including phenoxy) is 4. The molecular formula is C67H130O17P2. The Balaban J connectivity index is 5.22. The second-order valence-corrected chi connectivity index (χ2v) is 27.8. The molecule has 0 rings (SSSR count). The molecular weight excluding hydrogens is 1140 g/mol. The molecule has 0 aromatic rings. The number of carbonyl (C=O) groups is 4. The van der Waals surface area contributed by atoms with Crippen LogP contribution in [-0.2, 0) is 65.4 Å². The Bertz CT molecular complexity index is 1690. The summed E-state index contributed by atoms with van der Waals surface area (Å²) in [6.07, 6.45) is 43.2. The zero-order chi connectivity index (χ0) is 63.6. The Morgan fingerprint density at radius 2 is 0.593 bits per heavy atom. The number of hydrogen-bond acceptors (Lipinski definition) is 15. The molecule has 0 aliphatic heterocycles. The van der Waals surface area contributed by atoms with Crippen molar-refractivity contribution in [3.05, 3.63) is 0 Å². The predicted molar refractivity (Wildman–Crippen MR) is 345 cm³/mol. The summed E-state index contributed by atoms with van der Waals surface area (Å²) >= 11 is 0. The lowest BCUT2D eigenvalue weighted by atomic mass is 10.00. The van der Waals surface area contributed by atoms with E-state index < -0.39 is 97.5 Å². The van der Waals surface area contributed by atoms with Crippen LogP contribution < -0.4 is 0 Å². The third-order valence-corrected chi connectivity index (χ3v) is 17.7. The molecule has 0 saturated heterocycles. The first-order valence-corrected chi connectivity index (χ1v) is 38.0. The number of phosphoric acid groups is 2. The van der Waals surface area contributed by atoms with Crippen molar-refractivity contribution in [3.8, 4) is 0 Å². The monoisotopic (exact) mass is 1270 g/mol. The molecule has 0 aromatic heterocycles. The molecule has 0 aromatic carbocycles. The molecule has 0 aliphatic carbocycles. The minimum Gasteiger partial charge on any atom is -0.462 e. The first-order chi connectivity index (χ1) is 41.4. The second-order valence-electron chi connectivity index (χ2n) is 24.9. The van der Waals surface area contributed by atoms with Gasteiger partial charge >= 0.3 is 39.5 Å². The normalized spacial score (nSPS) is 14.5. The van der Waals surface area contributed by atoms with Crippen molar-refractivity contribution in [2.45, 2.75) is 355 Å². The van der Waals surface area contributed by atoms with Gasteiger partial charge in [0.15, 0.2) is 12.2 Å². The maximum Gasteiger partial charge on any atom is 0.472 e. The van der Waals surface area contributed by atoms with E-state index >= 15 is 0 Å². The smallest absolute Gasteiger partial charge is 0.462 e. The van der Waals surface area contributed by atoms with Crippen molar-refractivity contribution in [1.82, 2.24) is 0 Å². The number of phosphoric ester groups is 2. The van der Waals surface area contributed by atoms with E-state index in [0.29, 0.717) is 25.7 Å². The third-order valence-electron chi connectivity index (χ3n) is 15.8. The van der Waals surface area contributed by atoms with Gasteiger partial charge in [-0.1, -0.05) is 286 Å². The van der Waals surface area contributed by atoms with Crippen molar-refractivity contribution < 1.29 is 80.2 Å². The first-order valence-electron chi connectivity index (χ1n) is 35.0. The minimum atomic E-state index is -4.95. The number of aliphatic hydroxyl groups excluding tert-OH is 1. The zero-order valence-electron chi connectivity index (χ0n) is 55.6. The van der Waals surface area contributed by atoms with Crippen LogP contribution in [0.15, 0.2) is 0 Å². The lowest BCUT2D eigenvalue weighted by Gasteiger charge is -2.21.